The lowest BCUT2D eigenvalue weighted by Gasteiger charge is -2.10. The second-order valence-corrected chi connectivity index (χ2v) is 3.22. The Morgan fingerprint density at radius 3 is 2.58 bits per heavy atom. The molecule has 0 aromatic carbocycles. The molecule has 0 saturated heterocycles. The van der Waals surface area contributed by atoms with E-state index in [1.54, 1.807) is 12.4 Å². The van der Waals surface area contributed by atoms with E-state index in [4.69, 9.17) is 0 Å². The minimum atomic E-state index is 0.545. The van der Waals surface area contributed by atoms with Gasteiger partial charge in [0.25, 0.3) is 0 Å². The summed E-state index contributed by atoms with van der Waals surface area (Å²) in [6.45, 7) is 6.43. The van der Waals surface area contributed by atoms with E-state index in [2.05, 4.69) is 23.8 Å². The maximum absolute atomic E-state index is 4.33. The molecule has 0 radical (unpaired) electrons. The maximum Gasteiger partial charge on any atom is 0.0643 e. The topological polar surface area (TPSA) is 25.8 Å². The van der Waals surface area contributed by atoms with Gasteiger partial charge >= 0.3 is 0 Å². The van der Waals surface area contributed by atoms with Gasteiger partial charge in [-0.05, 0) is 13.3 Å². The highest BCUT2D eigenvalue weighted by Gasteiger charge is 2.08. The first-order chi connectivity index (χ1) is 5.75. The van der Waals surface area contributed by atoms with E-state index in [1.807, 2.05) is 6.92 Å². The average Bonchev–Trinajstić information content (AvgIpc) is 2.05. The first kappa shape index (κ1) is 9.17. The Bertz CT molecular complexity index is 245. The van der Waals surface area contributed by atoms with Crippen molar-refractivity contribution in [1.82, 2.24) is 9.97 Å². The van der Waals surface area contributed by atoms with Gasteiger partial charge in [-0.2, -0.15) is 0 Å². The standard InChI is InChI=1S/C10H16N2/c1-4-5-8(2)10-9(3)11-6-7-12-10/h6-8H,4-5H2,1-3H3. The third kappa shape index (κ3) is 2.03. The third-order valence-corrected chi connectivity index (χ3v) is 2.11. The van der Waals surface area contributed by atoms with Crippen molar-refractivity contribution in [1.29, 1.82) is 0 Å². The highest BCUT2D eigenvalue weighted by atomic mass is 14.8. The van der Waals surface area contributed by atoms with E-state index in [0.29, 0.717) is 5.92 Å². The van der Waals surface area contributed by atoms with Crippen molar-refractivity contribution < 1.29 is 0 Å². The van der Waals surface area contributed by atoms with Crippen LogP contribution in [0.25, 0.3) is 0 Å². The number of hydrogen-bond acceptors (Lipinski definition) is 2. The fraction of sp³-hybridized carbons (Fsp3) is 0.600. The van der Waals surface area contributed by atoms with E-state index < -0.39 is 0 Å². The van der Waals surface area contributed by atoms with Crippen LogP contribution in [0, 0.1) is 6.92 Å². The molecule has 0 fully saturated rings. The van der Waals surface area contributed by atoms with E-state index in [0.717, 1.165) is 11.4 Å². The van der Waals surface area contributed by atoms with Gasteiger partial charge in [0.2, 0.25) is 0 Å². The summed E-state index contributed by atoms with van der Waals surface area (Å²) in [4.78, 5) is 8.55. The zero-order valence-electron chi connectivity index (χ0n) is 8.04. The second-order valence-electron chi connectivity index (χ2n) is 3.22. The van der Waals surface area contributed by atoms with Crippen LogP contribution in [0.2, 0.25) is 0 Å². The summed E-state index contributed by atoms with van der Waals surface area (Å²) in [6.07, 6.45) is 5.92. The summed E-state index contributed by atoms with van der Waals surface area (Å²) in [5.74, 6) is 0.545. The molecule has 0 aliphatic carbocycles. The molecule has 1 aromatic heterocycles. The summed E-state index contributed by atoms with van der Waals surface area (Å²) in [7, 11) is 0. The molecule has 66 valence electrons. The second kappa shape index (κ2) is 4.19. The van der Waals surface area contributed by atoms with Crippen LogP contribution in [0.5, 0.6) is 0 Å². The minimum Gasteiger partial charge on any atom is -0.258 e. The van der Waals surface area contributed by atoms with Crippen LogP contribution < -0.4 is 0 Å². The lowest BCUT2D eigenvalue weighted by Crippen LogP contribution is -2.01. The van der Waals surface area contributed by atoms with Gasteiger partial charge in [0.15, 0.2) is 0 Å². The van der Waals surface area contributed by atoms with Crippen LogP contribution in [0.3, 0.4) is 0 Å². The van der Waals surface area contributed by atoms with Crippen molar-refractivity contribution in [3.05, 3.63) is 23.8 Å². The van der Waals surface area contributed by atoms with Crippen molar-refractivity contribution >= 4 is 0 Å². The smallest absolute Gasteiger partial charge is 0.0643 e. The van der Waals surface area contributed by atoms with Crippen molar-refractivity contribution in [2.24, 2.45) is 0 Å². The Hall–Kier alpha value is -0.920. The highest BCUT2D eigenvalue weighted by molar-refractivity contribution is 5.12. The molecule has 0 N–H and O–H groups in total. The van der Waals surface area contributed by atoms with Crippen molar-refractivity contribution in [3.63, 3.8) is 0 Å². The Labute approximate surface area is 74.1 Å². The van der Waals surface area contributed by atoms with E-state index in [-0.39, 0.29) is 0 Å². The molecule has 0 amide bonds. The fourth-order valence-electron chi connectivity index (χ4n) is 1.47. The molecular formula is C10H16N2. The Balaban J connectivity index is 2.79. The minimum absolute atomic E-state index is 0.545. The molecule has 1 heterocycles. The largest absolute Gasteiger partial charge is 0.258 e. The highest BCUT2D eigenvalue weighted by Crippen LogP contribution is 2.19. The fourth-order valence-corrected chi connectivity index (χ4v) is 1.47. The zero-order valence-corrected chi connectivity index (χ0v) is 8.04. The molecule has 0 spiro atoms. The van der Waals surface area contributed by atoms with Crippen LogP contribution in [-0.4, -0.2) is 9.97 Å². The van der Waals surface area contributed by atoms with Crippen molar-refractivity contribution in [2.75, 3.05) is 0 Å². The Morgan fingerprint density at radius 1 is 1.33 bits per heavy atom. The molecule has 0 saturated carbocycles. The van der Waals surface area contributed by atoms with Gasteiger partial charge in [0.1, 0.15) is 0 Å². The molecule has 1 unspecified atom stereocenters. The number of aryl methyl sites for hydroxylation is 1. The first-order valence-corrected chi connectivity index (χ1v) is 4.53. The van der Waals surface area contributed by atoms with Crippen molar-refractivity contribution in [3.8, 4) is 0 Å². The normalized spacial score (nSPS) is 12.9. The van der Waals surface area contributed by atoms with E-state index >= 15 is 0 Å². The molecule has 2 heteroatoms. The number of hydrogen-bond donors (Lipinski definition) is 0. The third-order valence-electron chi connectivity index (χ3n) is 2.11. The predicted octanol–water partition coefficient (Wildman–Crippen LogP) is 2.69. The lowest BCUT2D eigenvalue weighted by atomic mass is 10.0. The van der Waals surface area contributed by atoms with Crippen LogP contribution in [0.1, 0.15) is 44.0 Å². The van der Waals surface area contributed by atoms with Gasteiger partial charge in [0.05, 0.1) is 11.4 Å². The van der Waals surface area contributed by atoms with Gasteiger partial charge in [-0.25, -0.2) is 0 Å². The summed E-state index contributed by atoms with van der Waals surface area (Å²) in [5, 5.41) is 0. The van der Waals surface area contributed by atoms with Gasteiger partial charge in [-0.1, -0.05) is 20.3 Å². The summed E-state index contributed by atoms with van der Waals surface area (Å²) in [6, 6.07) is 0. The lowest BCUT2D eigenvalue weighted by molar-refractivity contribution is 0.638. The summed E-state index contributed by atoms with van der Waals surface area (Å²) >= 11 is 0. The van der Waals surface area contributed by atoms with Crippen LogP contribution in [0.4, 0.5) is 0 Å². The average molecular weight is 164 g/mol. The van der Waals surface area contributed by atoms with Gasteiger partial charge in [-0.3, -0.25) is 9.97 Å². The SMILES string of the molecule is CCCC(C)c1nccnc1C. The number of rotatable bonds is 3. The zero-order chi connectivity index (χ0) is 8.97. The number of aromatic nitrogens is 2. The van der Waals surface area contributed by atoms with Crippen LogP contribution >= 0.6 is 0 Å². The monoisotopic (exact) mass is 164 g/mol. The van der Waals surface area contributed by atoms with Gasteiger partial charge in [-0.15, -0.1) is 0 Å². The molecule has 0 aliphatic rings. The molecule has 1 rings (SSSR count). The molecule has 2 nitrogen and oxygen atoms in total. The maximum atomic E-state index is 4.33. The van der Waals surface area contributed by atoms with Gasteiger partial charge < -0.3 is 0 Å². The van der Waals surface area contributed by atoms with Gasteiger partial charge in [0, 0.05) is 18.3 Å². The molecular weight excluding hydrogens is 148 g/mol. The molecule has 1 atom stereocenters. The Morgan fingerprint density at radius 2 is 2.00 bits per heavy atom. The van der Waals surface area contributed by atoms with Crippen LogP contribution in [0.15, 0.2) is 12.4 Å². The van der Waals surface area contributed by atoms with Crippen molar-refractivity contribution in [2.45, 2.75) is 39.5 Å². The summed E-state index contributed by atoms with van der Waals surface area (Å²) in [5.41, 5.74) is 2.22. The Kier molecular flexibility index (Phi) is 3.20. The number of nitrogens with zero attached hydrogens (tertiary/aromatic N) is 2. The van der Waals surface area contributed by atoms with E-state index in [9.17, 15) is 0 Å². The van der Waals surface area contributed by atoms with Crippen LogP contribution in [-0.2, 0) is 0 Å². The predicted molar refractivity (Wildman–Crippen MR) is 50.1 cm³/mol. The molecule has 12 heavy (non-hydrogen) atoms. The summed E-state index contributed by atoms with van der Waals surface area (Å²) < 4.78 is 0. The van der Waals surface area contributed by atoms with E-state index in [1.165, 1.54) is 12.8 Å². The quantitative estimate of drug-likeness (QED) is 0.686. The first-order valence-electron chi connectivity index (χ1n) is 4.53. The molecule has 0 aliphatic heterocycles. The molecule has 1 aromatic rings. The molecule has 0 bridgehead atoms.